The summed E-state index contributed by atoms with van der Waals surface area (Å²) in [5.74, 6) is 2.11. The van der Waals surface area contributed by atoms with Crippen LogP contribution in [0.25, 0.3) is 21.5 Å². The van der Waals surface area contributed by atoms with E-state index in [9.17, 15) is 10.2 Å². The molecule has 0 spiro atoms. The summed E-state index contributed by atoms with van der Waals surface area (Å²) in [5, 5.41) is 24.1. The van der Waals surface area contributed by atoms with Crippen LogP contribution in [0.5, 0.6) is 23.0 Å². The van der Waals surface area contributed by atoms with Gasteiger partial charge in [-0.25, -0.2) is 0 Å². The number of phenols is 2. The molecule has 1 aliphatic rings. The fourth-order valence-electron chi connectivity index (χ4n) is 4.77. The van der Waals surface area contributed by atoms with E-state index in [4.69, 9.17) is 4.74 Å². The van der Waals surface area contributed by atoms with E-state index in [0.29, 0.717) is 0 Å². The van der Waals surface area contributed by atoms with E-state index in [0.717, 1.165) is 44.2 Å². The van der Waals surface area contributed by atoms with E-state index in [-0.39, 0.29) is 17.4 Å². The second-order valence-corrected chi connectivity index (χ2v) is 8.21. The second kappa shape index (κ2) is 6.51. The highest BCUT2D eigenvalue weighted by atomic mass is 16.5. The predicted octanol–water partition coefficient (Wildman–Crippen LogP) is 7.00. The molecule has 2 N–H and O–H groups in total. The summed E-state index contributed by atoms with van der Waals surface area (Å²) in [5.41, 5.74) is 4.57. The van der Waals surface area contributed by atoms with Gasteiger partial charge < -0.3 is 14.9 Å². The van der Waals surface area contributed by atoms with Gasteiger partial charge in [-0.1, -0.05) is 54.1 Å². The lowest BCUT2D eigenvalue weighted by atomic mass is 9.78. The normalized spacial score (nSPS) is 13.1. The van der Waals surface area contributed by atoms with Gasteiger partial charge in [0.1, 0.15) is 23.0 Å². The van der Waals surface area contributed by atoms with Crippen molar-refractivity contribution in [3.63, 3.8) is 0 Å². The van der Waals surface area contributed by atoms with Gasteiger partial charge in [-0.15, -0.1) is 0 Å². The highest BCUT2D eigenvalue weighted by molar-refractivity contribution is 5.95. The zero-order chi connectivity index (χ0) is 21.1. The third kappa shape index (κ3) is 2.74. The highest BCUT2D eigenvalue weighted by Crippen LogP contribution is 2.52. The Morgan fingerprint density at radius 1 is 0.613 bits per heavy atom. The van der Waals surface area contributed by atoms with Crippen LogP contribution in [-0.4, -0.2) is 10.2 Å². The molecule has 0 saturated carbocycles. The van der Waals surface area contributed by atoms with Crippen molar-refractivity contribution in [1.82, 2.24) is 0 Å². The van der Waals surface area contributed by atoms with Crippen LogP contribution >= 0.6 is 0 Å². The van der Waals surface area contributed by atoms with Crippen molar-refractivity contribution >= 4 is 21.5 Å². The first-order chi connectivity index (χ1) is 15.1. The van der Waals surface area contributed by atoms with Crippen LogP contribution in [0, 0.1) is 6.92 Å². The summed E-state index contributed by atoms with van der Waals surface area (Å²) >= 11 is 0. The topological polar surface area (TPSA) is 49.7 Å². The number of aromatic hydroxyl groups is 2. The van der Waals surface area contributed by atoms with Crippen LogP contribution in [0.4, 0.5) is 0 Å². The molecule has 0 radical (unpaired) electrons. The van der Waals surface area contributed by atoms with Gasteiger partial charge in [0, 0.05) is 17.0 Å². The Bertz CT molecular complexity index is 1390. The minimum atomic E-state index is -0.0409. The van der Waals surface area contributed by atoms with Crippen molar-refractivity contribution in [1.29, 1.82) is 0 Å². The van der Waals surface area contributed by atoms with E-state index >= 15 is 0 Å². The van der Waals surface area contributed by atoms with Crippen LogP contribution in [0.1, 0.15) is 28.2 Å². The van der Waals surface area contributed by atoms with Crippen LogP contribution in [0.2, 0.25) is 0 Å². The fourth-order valence-corrected chi connectivity index (χ4v) is 4.77. The lowest BCUT2D eigenvalue weighted by molar-refractivity contribution is 0.455. The Hall–Kier alpha value is -3.98. The first-order valence-electron chi connectivity index (χ1n) is 10.3. The molecule has 150 valence electrons. The van der Waals surface area contributed by atoms with Gasteiger partial charge in [0.05, 0.1) is 0 Å². The maximum Gasteiger partial charge on any atom is 0.132 e. The van der Waals surface area contributed by atoms with Gasteiger partial charge in [-0.3, -0.25) is 0 Å². The van der Waals surface area contributed by atoms with E-state index in [1.807, 2.05) is 36.4 Å². The lowest BCUT2D eigenvalue weighted by Gasteiger charge is -2.31. The third-order valence-corrected chi connectivity index (χ3v) is 6.22. The van der Waals surface area contributed by atoms with Crippen molar-refractivity contribution in [3.8, 4) is 23.0 Å². The number of phenolic OH excluding ortho intramolecular Hbond substituents is 2. The Balaban J connectivity index is 1.73. The predicted molar refractivity (Wildman–Crippen MR) is 123 cm³/mol. The molecule has 0 amide bonds. The number of aryl methyl sites for hydroxylation is 1. The zero-order valence-electron chi connectivity index (χ0n) is 17.0. The van der Waals surface area contributed by atoms with Crippen LogP contribution in [-0.2, 0) is 0 Å². The highest BCUT2D eigenvalue weighted by Gasteiger charge is 2.32. The molecule has 0 bridgehead atoms. The molecular weight excluding hydrogens is 384 g/mol. The molecule has 1 aliphatic heterocycles. The van der Waals surface area contributed by atoms with Gasteiger partial charge in [-0.05, 0) is 70.4 Å². The molecule has 6 rings (SSSR count). The fraction of sp³-hybridized carbons (Fsp3) is 0.0714. The summed E-state index contributed by atoms with van der Waals surface area (Å²) in [4.78, 5) is 0. The molecule has 3 nitrogen and oxygen atoms in total. The molecule has 0 fully saturated rings. The van der Waals surface area contributed by atoms with Gasteiger partial charge in [-0.2, -0.15) is 0 Å². The van der Waals surface area contributed by atoms with Crippen LogP contribution < -0.4 is 4.74 Å². The smallest absolute Gasteiger partial charge is 0.132 e. The first kappa shape index (κ1) is 17.8. The summed E-state index contributed by atoms with van der Waals surface area (Å²) in [7, 11) is 0. The van der Waals surface area contributed by atoms with E-state index < -0.39 is 0 Å². The molecule has 0 unspecified atom stereocenters. The van der Waals surface area contributed by atoms with Gasteiger partial charge in [0.25, 0.3) is 0 Å². The number of fused-ring (bicyclic) bond motifs is 6. The van der Waals surface area contributed by atoms with Crippen molar-refractivity contribution in [2.45, 2.75) is 12.8 Å². The van der Waals surface area contributed by atoms with Crippen molar-refractivity contribution in [3.05, 3.63) is 107 Å². The molecule has 0 atom stereocenters. The minimum absolute atomic E-state index is 0.0409. The molecular formula is C28H20O3. The molecule has 5 aromatic carbocycles. The minimum Gasteiger partial charge on any atom is -0.508 e. The Labute approximate surface area is 179 Å². The van der Waals surface area contributed by atoms with Crippen molar-refractivity contribution in [2.75, 3.05) is 0 Å². The molecule has 5 aromatic rings. The monoisotopic (exact) mass is 404 g/mol. The standard InChI is InChI=1S/C28H20O3/c1-16-2-4-17(5-3-16)26-27-22-10-8-20(29)14-18(22)6-12-24(27)31-25-13-7-19-15-21(30)9-11-23(19)28(25)26/h2-15,26,29-30H,1H3. The number of hydrogen-bond acceptors (Lipinski definition) is 3. The van der Waals surface area contributed by atoms with Gasteiger partial charge >= 0.3 is 0 Å². The van der Waals surface area contributed by atoms with Gasteiger partial charge in [0.15, 0.2) is 0 Å². The molecule has 0 saturated heterocycles. The largest absolute Gasteiger partial charge is 0.508 e. The van der Waals surface area contributed by atoms with E-state index in [1.165, 1.54) is 11.1 Å². The van der Waals surface area contributed by atoms with Crippen molar-refractivity contribution < 1.29 is 14.9 Å². The molecule has 1 heterocycles. The maximum atomic E-state index is 10.0. The number of ether oxygens (including phenoxy) is 1. The van der Waals surface area contributed by atoms with E-state index in [1.54, 1.807) is 24.3 Å². The van der Waals surface area contributed by atoms with Crippen LogP contribution in [0.3, 0.4) is 0 Å². The molecule has 3 heteroatoms. The lowest BCUT2D eigenvalue weighted by Crippen LogP contribution is -2.13. The summed E-state index contributed by atoms with van der Waals surface area (Å²) in [6.07, 6.45) is 0. The number of hydrogen-bond donors (Lipinski definition) is 2. The van der Waals surface area contributed by atoms with Crippen LogP contribution in [0.15, 0.2) is 84.9 Å². The second-order valence-electron chi connectivity index (χ2n) is 8.21. The number of rotatable bonds is 1. The quantitative estimate of drug-likeness (QED) is 0.310. The Morgan fingerprint density at radius 2 is 1.13 bits per heavy atom. The average molecular weight is 404 g/mol. The number of benzene rings is 5. The summed E-state index contributed by atoms with van der Waals surface area (Å²) < 4.78 is 6.40. The first-order valence-corrected chi connectivity index (χ1v) is 10.3. The summed E-state index contributed by atoms with van der Waals surface area (Å²) in [6.45, 7) is 2.09. The molecule has 0 aromatic heterocycles. The summed E-state index contributed by atoms with van der Waals surface area (Å²) in [6, 6.07) is 27.6. The SMILES string of the molecule is Cc1ccc(C2c3c(ccc4cc(O)ccc34)Oc3ccc4cc(O)ccc4c32)cc1. The van der Waals surface area contributed by atoms with Crippen molar-refractivity contribution in [2.24, 2.45) is 0 Å². The third-order valence-electron chi connectivity index (χ3n) is 6.22. The molecule has 0 aliphatic carbocycles. The van der Waals surface area contributed by atoms with E-state index in [2.05, 4.69) is 31.2 Å². The zero-order valence-corrected chi connectivity index (χ0v) is 17.0. The molecule has 31 heavy (non-hydrogen) atoms. The van der Waals surface area contributed by atoms with Gasteiger partial charge in [0.2, 0.25) is 0 Å². The maximum absolute atomic E-state index is 10.0. The average Bonchev–Trinajstić information content (AvgIpc) is 2.77. The Morgan fingerprint density at radius 3 is 1.65 bits per heavy atom. The Kier molecular flexibility index (Phi) is 3.75.